The zero-order chi connectivity index (χ0) is 14.7. The zero-order valence-electron chi connectivity index (χ0n) is 11.7. The number of hydrogen-bond acceptors (Lipinski definition) is 2. The van der Waals surface area contributed by atoms with E-state index >= 15 is 0 Å². The summed E-state index contributed by atoms with van der Waals surface area (Å²) in [7, 11) is 3.64. The average Bonchev–Trinajstić information content (AvgIpc) is 2.44. The Bertz CT molecular complexity index is 615. The highest BCUT2D eigenvalue weighted by molar-refractivity contribution is 14.1. The van der Waals surface area contributed by atoms with E-state index in [1.807, 2.05) is 25.2 Å². The summed E-state index contributed by atoms with van der Waals surface area (Å²) in [6, 6.07) is 12.4. The summed E-state index contributed by atoms with van der Waals surface area (Å²) >= 11 is 8.47. The first kappa shape index (κ1) is 15.6. The SMILES string of the molecule is CNC(c1ccc(I)c(Cl)c1)c1cc(C)ccc1OC. The topological polar surface area (TPSA) is 21.3 Å². The van der Waals surface area contributed by atoms with Gasteiger partial charge in [0.25, 0.3) is 0 Å². The van der Waals surface area contributed by atoms with Crippen molar-refractivity contribution in [3.8, 4) is 5.75 Å². The van der Waals surface area contributed by atoms with Gasteiger partial charge in [0.2, 0.25) is 0 Å². The maximum Gasteiger partial charge on any atom is 0.123 e. The Labute approximate surface area is 138 Å². The second kappa shape index (κ2) is 6.78. The van der Waals surface area contributed by atoms with Gasteiger partial charge in [0.05, 0.1) is 18.2 Å². The van der Waals surface area contributed by atoms with Crippen molar-refractivity contribution in [2.45, 2.75) is 13.0 Å². The molecule has 4 heteroatoms. The first-order chi connectivity index (χ1) is 9.56. The smallest absolute Gasteiger partial charge is 0.123 e. The molecule has 2 nitrogen and oxygen atoms in total. The molecule has 2 aromatic carbocycles. The van der Waals surface area contributed by atoms with E-state index in [9.17, 15) is 0 Å². The maximum absolute atomic E-state index is 6.24. The second-order valence-electron chi connectivity index (χ2n) is 4.64. The van der Waals surface area contributed by atoms with E-state index in [2.05, 4.69) is 53.0 Å². The predicted molar refractivity (Wildman–Crippen MR) is 92.8 cm³/mol. The highest BCUT2D eigenvalue weighted by Gasteiger charge is 2.17. The Morgan fingerprint density at radius 1 is 1.20 bits per heavy atom. The summed E-state index contributed by atoms with van der Waals surface area (Å²) in [4.78, 5) is 0. The molecular formula is C16H17ClINO. The van der Waals surface area contributed by atoms with Gasteiger partial charge in [-0.2, -0.15) is 0 Å². The molecule has 20 heavy (non-hydrogen) atoms. The summed E-state index contributed by atoms with van der Waals surface area (Å²) < 4.78 is 6.54. The van der Waals surface area contributed by atoms with Gasteiger partial charge in [-0.1, -0.05) is 35.4 Å². The van der Waals surface area contributed by atoms with Crippen LogP contribution in [0.2, 0.25) is 5.02 Å². The van der Waals surface area contributed by atoms with Crippen LogP contribution in [0, 0.1) is 10.5 Å². The van der Waals surface area contributed by atoms with Crippen molar-refractivity contribution in [3.63, 3.8) is 0 Å². The Morgan fingerprint density at radius 2 is 1.95 bits per heavy atom. The molecule has 2 rings (SSSR count). The molecule has 2 aromatic rings. The van der Waals surface area contributed by atoms with Crippen LogP contribution in [-0.2, 0) is 0 Å². The lowest BCUT2D eigenvalue weighted by molar-refractivity contribution is 0.405. The van der Waals surface area contributed by atoms with Crippen LogP contribution in [0.5, 0.6) is 5.75 Å². The lowest BCUT2D eigenvalue weighted by atomic mass is 9.96. The van der Waals surface area contributed by atoms with Crippen molar-refractivity contribution in [3.05, 3.63) is 61.7 Å². The molecule has 0 amide bonds. The van der Waals surface area contributed by atoms with Crippen molar-refractivity contribution in [2.75, 3.05) is 14.2 Å². The van der Waals surface area contributed by atoms with E-state index < -0.39 is 0 Å². The molecule has 0 aliphatic rings. The molecule has 0 bridgehead atoms. The minimum atomic E-state index is 0.0550. The van der Waals surface area contributed by atoms with Crippen LogP contribution in [0.1, 0.15) is 22.7 Å². The maximum atomic E-state index is 6.24. The standard InChI is InChI=1S/C16H17ClINO/c1-10-4-7-15(20-3)12(8-10)16(19-2)11-5-6-14(18)13(17)9-11/h4-9,16,19H,1-3H3. The van der Waals surface area contributed by atoms with Crippen LogP contribution in [0.25, 0.3) is 0 Å². The number of hydrogen-bond donors (Lipinski definition) is 1. The van der Waals surface area contributed by atoms with Gasteiger partial charge in [-0.25, -0.2) is 0 Å². The largest absolute Gasteiger partial charge is 0.496 e. The fraction of sp³-hybridized carbons (Fsp3) is 0.250. The molecule has 0 fully saturated rings. The van der Waals surface area contributed by atoms with E-state index in [-0.39, 0.29) is 6.04 Å². The molecule has 0 aliphatic carbocycles. The average molecular weight is 402 g/mol. The predicted octanol–water partition coefficient (Wildman–Crippen LogP) is 4.57. The van der Waals surface area contributed by atoms with Crippen LogP contribution in [0.15, 0.2) is 36.4 Å². The number of nitrogens with one attached hydrogen (secondary N) is 1. The van der Waals surface area contributed by atoms with Crippen LogP contribution in [0.3, 0.4) is 0 Å². The normalized spacial score (nSPS) is 12.2. The lowest BCUT2D eigenvalue weighted by Gasteiger charge is -2.21. The van der Waals surface area contributed by atoms with E-state index in [4.69, 9.17) is 16.3 Å². The highest BCUT2D eigenvalue weighted by atomic mass is 127. The van der Waals surface area contributed by atoms with Crippen molar-refractivity contribution < 1.29 is 4.74 Å². The minimum Gasteiger partial charge on any atom is -0.496 e. The summed E-state index contributed by atoms with van der Waals surface area (Å²) in [6.45, 7) is 2.08. The Kier molecular flexibility index (Phi) is 5.29. The van der Waals surface area contributed by atoms with Crippen LogP contribution < -0.4 is 10.1 Å². The van der Waals surface area contributed by atoms with E-state index in [1.54, 1.807) is 7.11 Å². The van der Waals surface area contributed by atoms with Crippen LogP contribution in [0.4, 0.5) is 0 Å². The summed E-state index contributed by atoms with van der Waals surface area (Å²) in [5.74, 6) is 0.879. The fourth-order valence-electron chi connectivity index (χ4n) is 2.27. The molecule has 0 aromatic heterocycles. The third-order valence-corrected chi connectivity index (χ3v) is 4.83. The van der Waals surface area contributed by atoms with Gasteiger partial charge in [-0.05, 0) is 60.3 Å². The molecule has 1 unspecified atom stereocenters. The number of halogens is 2. The molecule has 1 N–H and O–H groups in total. The molecule has 0 heterocycles. The third-order valence-electron chi connectivity index (χ3n) is 3.26. The summed E-state index contributed by atoms with van der Waals surface area (Å²) in [5.41, 5.74) is 3.45. The lowest BCUT2D eigenvalue weighted by Crippen LogP contribution is -2.18. The Hall–Kier alpha value is -0.780. The number of ether oxygens (including phenoxy) is 1. The molecule has 0 saturated carbocycles. The molecule has 0 radical (unpaired) electrons. The Morgan fingerprint density at radius 3 is 2.55 bits per heavy atom. The van der Waals surface area contributed by atoms with Crippen molar-refractivity contribution >= 4 is 34.2 Å². The molecular weight excluding hydrogens is 385 g/mol. The van der Waals surface area contributed by atoms with E-state index in [0.29, 0.717) is 0 Å². The van der Waals surface area contributed by atoms with Gasteiger partial charge in [-0.15, -0.1) is 0 Å². The summed E-state index contributed by atoms with van der Waals surface area (Å²) in [6.07, 6.45) is 0. The number of aryl methyl sites for hydroxylation is 1. The van der Waals surface area contributed by atoms with Gasteiger partial charge >= 0.3 is 0 Å². The van der Waals surface area contributed by atoms with Gasteiger partial charge in [-0.3, -0.25) is 0 Å². The quantitative estimate of drug-likeness (QED) is 0.758. The first-order valence-electron chi connectivity index (χ1n) is 6.33. The first-order valence-corrected chi connectivity index (χ1v) is 7.79. The molecule has 0 spiro atoms. The number of methoxy groups -OCH3 is 1. The van der Waals surface area contributed by atoms with Crippen LogP contribution >= 0.6 is 34.2 Å². The highest BCUT2D eigenvalue weighted by Crippen LogP contribution is 2.32. The van der Waals surface area contributed by atoms with Crippen molar-refractivity contribution in [1.29, 1.82) is 0 Å². The molecule has 0 aliphatic heterocycles. The van der Waals surface area contributed by atoms with Crippen LogP contribution in [-0.4, -0.2) is 14.2 Å². The zero-order valence-corrected chi connectivity index (χ0v) is 14.6. The second-order valence-corrected chi connectivity index (χ2v) is 6.21. The van der Waals surface area contributed by atoms with Gasteiger partial charge in [0.15, 0.2) is 0 Å². The van der Waals surface area contributed by atoms with Gasteiger partial charge in [0, 0.05) is 9.13 Å². The fourth-order valence-corrected chi connectivity index (χ4v) is 2.80. The summed E-state index contributed by atoms with van der Waals surface area (Å²) in [5, 5.41) is 4.12. The van der Waals surface area contributed by atoms with Gasteiger partial charge in [0.1, 0.15) is 5.75 Å². The molecule has 1 atom stereocenters. The number of benzene rings is 2. The van der Waals surface area contributed by atoms with E-state index in [0.717, 1.165) is 25.5 Å². The van der Waals surface area contributed by atoms with Crippen molar-refractivity contribution in [2.24, 2.45) is 0 Å². The van der Waals surface area contributed by atoms with Gasteiger partial charge < -0.3 is 10.1 Å². The van der Waals surface area contributed by atoms with Crippen molar-refractivity contribution in [1.82, 2.24) is 5.32 Å². The monoisotopic (exact) mass is 401 g/mol. The minimum absolute atomic E-state index is 0.0550. The third kappa shape index (κ3) is 3.27. The Balaban J connectivity index is 2.51. The molecule has 106 valence electrons. The number of rotatable bonds is 4. The van der Waals surface area contributed by atoms with E-state index in [1.165, 1.54) is 5.56 Å². The molecule has 0 saturated heterocycles.